The Hall–Kier alpha value is -4.64. The molecule has 3 aliphatic rings. The van der Waals surface area contributed by atoms with Gasteiger partial charge in [0.15, 0.2) is 0 Å². The highest BCUT2D eigenvalue weighted by atomic mass is 19.4. The van der Waals surface area contributed by atoms with Crippen molar-refractivity contribution in [2.45, 2.75) is 69.4 Å². The molecule has 2 aromatic carbocycles. The highest BCUT2D eigenvalue weighted by molar-refractivity contribution is 6.01. The predicted octanol–water partition coefficient (Wildman–Crippen LogP) is 5.54. The summed E-state index contributed by atoms with van der Waals surface area (Å²) in [6.45, 7) is 4.94. The van der Waals surface area contributed by atoms with Crippen LogP contribution in [0.1, 0.15) is 61.3 Å². The van der Waals surface area contributed by atoms with Crippen molar-refractivity contribution in [3.8, 4) is 0 Å². The third kappa shape index (κ3) is 8.24. The molecule has 3 saturated heterocycles. The van der Waals surface area contributed by atoms with E-state index in [1.165, 1.54) is 0 Å². The van der Waals surface area contributed by atoms with Crippen molar-refractivity contribution in [3.05, 3.63) is 69.8 Å². The lowest BCUT2D eigenvalue weighted by molar-refractivity contribution is -0.143. The van der Waals surface area contributed by atoms with Gasteiger partial charge < -0.3 is 25.4 Å². The van der Waals surface area contributed by atoms with Crippen LogP contribution in [0.3, 0.4) is 0 Å². The standard InChI is InChI=1S/C39H46F6N8O3/c1-49-11-4-12-50(18-17-49)26-7-15-52(16-8-26)36(55)25(19-24-20-29(38(40,41)42)34(46)30(21-24)39(43,44)45)22-33(54)51-13-9-27(10-14-51)53-32-23-47-31-6-3-2-5-28(31)35(32)48-37(53)56/h2-3,5-6,20-21,23,25-27H,4,7-19,22,46H2,1H3,(H,48,56)/t25-/m0/s1. The van der Waals surface area contributed by atoms with Gasteiger partial charge in [0, 0.05) is 63.2 Å². The third-order valence-electron chi connectivity index (χ3n) is 11.8. The number of carbonyl (C=O) groups is 2. The molecule has 0 bridgehead atoms. The first-order valence-corrected chi connectivity index (χ1v) is 19.1. The number of aromatic nitrogens is 3. The average Bonchev–Trinajstić information content (AvgIpc) is 3.35. The molecule has 0 unspecified atom stereocenters. The number of carbonyl (C=O) groups excluding carboxylic acids is 2. The van der Waals surface area contributed by atoms with Gasteiger partial charge in [-0.3, -0.25) is 24.0 Å². The number of halogens is 6. The Kier molecular flexibility index (Phi) is 11.1. The van der Waals surface area contributed by atoms with E-state index in [9.17, 15) is 40.7 Å². The van der Waals surface area contributed by atoms with Crippen LogP contribution < -0.4 is 11.4 Å². The van der Waals surface area contributed by atoms with Gasteiger partial charge >= 0.3 is 18.0 Å². The first-order valence-electron chi connectivity index (χ1n) is 19.1. The molecular weight excluding hydrogens is 742 g/mol. The first-order chi connectivity index (χ1) is 26.6. The molecule has 0 radical (unpaired) electrons. The Bertz CT molecular complexity index is 2100. The van der Waals surface area contributed by atoms with Gasteiger partial charge in [0.05, 0.1) is 45.5 Å². The maximum atomic E-state index is 14.2. The van der Waals surface area contributed by atoms with Gasteiger partial charge in [0.25, 0.3) is 0 Å². The van der Waals surface area contributed by atoms with E-state index in [-0.39, 0.29) is 36.4 Å². The SMILES string of the molecule is CN1CCCN(C2CCN(C(=O)[C@H](CC(=O)N3CCC(n4c(=O)[nH]c5c6ccccc6ncc54)CC3)Cc3cc(C(F)(F)F)c(N)c(C(F)(F)F)c3)CC2)CC1. The number of pyridine rings is 1. The van der Waals surface area contributed by atoms with Gasteiger partial charge in [-0.25, -0.2) is 4.79 Å². The largest absolute Gasteiger partial charge is 0.418 e. The maximum Gasteiger partial charge on any atom is 0.418 e. The van der Waals surface area contributed by atoms with Crippen LogP contribution in [0, 0.1) is 5.92 Å². The van der Waals surface area contributed by atoms with Crippen molar-refractivity contribution in [1.82, 2.24) is 34.1 Å². The van der Waals surface area contributed by atoms with E-state index in [1.54, 1.807) is 20.6 Å². The summed E-state index contributed by atoms with van der Waals surface area (Å²) < 4.78 is 85.5. The fourth-order valence-electron chi connectivity index (χ4n) is 8.77. The summed E-state index contributed by atoms with van der Waals surface area (Å²) in [5.74, 6) is -2.14. The molecule has 3 aliphatic heterocycles. The number of nitrogens with one attached hydrogen (secondary N) is 1. The lowest BCUT2D eigenvalue weighted by Crippen LogP contribution is -2.50. The summed E-state index contributed by atoms with van der Waals surface area (Å²) in [6.07, 6.45) is -6.47. The molecule has 56 heavy (non-hydrogen) atoms. The molecular formula is C39H46F6N8O3. The zero-order valence-corrected chi connectivity index (χ0v) is 31.1. The molecule has 17 heteroatoms. The zero-order chi connectivity index (χ0) is 39.9. The van der Waals surface area contributed by atoms with Crippen LogP contribution in [-0.4, -0.2) is 111 Å². The maximum absolute atomic E-state index is 14.2. The van der Waals surface area contributed by atoms with Crippen LogP contribution >= 0.6 is 0 Å². The van der Waals surface area contributed by atoms with Crippen LogP contribution in [0.5, 0.6) is 0 Å². The number of anilines is 1. The molecule has 0 aliphatic carbocycles. The molecule has 3 N–H and O–H groups in total. The highest BCUT2D eigenvalue weighted by Gasteiger charge is 2.42. The number of hydrogen-bond donors (Lipinski definition) is 2. The number of benzene rings is 2. The second kappa shape index (κ2) is 15.7. The number of fused-ring (bicyclic) bond motifs is 3. The van der Waals surface area contributed by atoms with E-state index < -0.39 is 59.7 Å². The lowest BCUT2D eigenvalue weighted by atomic mass is 9.90. The number of H-pyrrole nitrogens is 1. The Morgan fingerprint density at radius 2 is 1.48 bits per heavy atom. The number of piperidine rings is 2. The number of likely N-dealkylation sites (tertiary alicyclic amines) is 2. The van der Waals surface area contributed by atoms with Crippen LogP contribution in [0.4, 0.5) is 32.0 Å². The fourth-order valence-corrected chi connectivity index (χ4v) is 8.77. The number of nitrogens with two attached hydrogens (primary N) is 1. The molecule has 4 aromatic rings. The number of amides is 2. The molecule has 3 fully saturated rings. The van der Waals surface area contributed by atoms with Gasteiger partial charge in [-0.15, -0.1) is 0 Å². The minimum atomic E-state index is -5.18. The smallest absolute Gasteiger partial charge is 0.398 e. The summed E-state index contributed by atoms with van der Waals surface area (Å²) in [4.78, 5) is 56.6. The Balaban J connectivity index is 1.09. The number of hydrogen-bond acceptors (Lipinski definition) is 7. The van der Waals surface area contributed by atoms with E-state index in [2.05, 4.69) is 26.8 Å². The topological polar surface area (TPSA) is 124 Å². The quantitative estimate of drug-likeness (QED) is 0.186. The molecule has 7 rings (SSSR count). The van der Waals surface area contributed by atoms with E-state index in [4.69, 9.17) is 5.73 Å². The van der Waals surface area contributed by atoms with Crippen molar-refractivity contribution in [1.29, 1.82) is 0 Å². The molecule has 1 atom stereocenters. The summed E-state index contributed by atoms with van der Waals surface area (Å²) >= 11 is 0. The number of nitrogen functional groups attached to an aromatic ring is 1. The summed E-state index contributed by atoms with van der Waals surface area (Å²) in [7, 11) is 2.08. The Morgan fingerprint density at radius 1 is 0.857 bits per heavy atom. The van der Waals surface area contributed by atoms with Crippen LogP contribution in [0.2, 0.25) is 0 Å². The monoisotopic (exact) mass is 788 g/mol. The summed E-state index contributed by atoms with van der Waals surface area (Å²) in [6, 6.07) is 8.53. The number of para-hydroxylation sites is 1. The Morgan fingerprint density at radius 3 is 2.14 bits per heavy atom. The molecule has 0 spiro atoms. The second-order valence-electron chi connectivity index (χ2n) is 15.4. The number of rotatable bonds is 7. The molecule has 302 valence electrons. The minimum Gasteiger partial charge on any atom is -0.398 e. The number of alkyl halides is 6. The molecule has 2 aromatic heterocycles. The minimum absolute atomic E-state index is 0.235. The van der Waals surface area contributed by atoms with Crippen molar-refractivity contribution in [2.75, 3.05) is 65.1 Å². The van der Waals surface area contributed by atoms with Gasteiger partial charge in [-0.05, 0) is 82.4 Å². The number of aromatic amines is 1. The van der Waals surface area contributed by atoms with Crippen molar-refractivity contribution in [2.24, 2.45) is 5.92 Å². The van der Waals surface area contributed by atoms with Crippen molar-refractivity contribution < 1.29 is 35.9 Å². The number of likely N-dealkylation sites (N-methyl/N-ethyl adjacent to an activating group) is 1. The van der Waals surface area contributed by atoms with Crippen LogP contribution in [0.25, 0.3) is 21.9 Å². The Labute approximate surface area is 319 Å². The fraction of sp³-hybridized carbons (Fsp3) is 0.538. The second-order valence-corrected chi connectivity index (χ2v) is 15.4. The lowest BCUT2D eigenvalue weighted by Gasteiger charge is -2.39. The summed E-state index contributed by atoms with van der Waals surface area (Å²) in [5.41, 5.74) is 2.03. The van der Waals surface area contributed by atoms with Gasteiger partial charge in [0.2, 0.25) is 11.8 Å². The third-order valence-corrected chi connectivity index (χ3v) is 11.8. The van der Waals surface area contributed by atoms with E-state index >= 15 is 0 Å². The summed E-state index contributed by atoms with van der Waals surface area (Å²) in [5, 5.41) is 0.800. The number of imidazole rings is 1. The zero-order valence-electron chi connectivity index (χ0n) is 31.1. The van der Waals surface area contributed by atoms with Crippen molar-refractivity contribution in [3.63, 3.8) is 0 Å². The first kappa shape index (κ1) is 39.6. The number of nitrogens with zero attached hydrogens (tertiary/aromatic N) is 6. The molecule has 2 amide bonds. The van der Waals surface area contributed by atoms with Gasteiger partial charge in [-0.1, -0.05) is 18.2 Å². The molecule has 11 nitrogen and oxygen atoms in total. The molecule has 5 heterocycles. The predicted molar refractivity (Wildman–Crippen MR) is 199 cm³/mol. The van der Waals surface area contributed by atoms with E-state index in [1.807, 2.05) is 24.3 Å². The van der Waals surface area contributed by atoms with Crippen LogP contribution in [-0.2, 0) is 28.4 Å². The van der Waals surface area contributed by atoms with Crippen LogP contribution in [0.15, 0.2) is 47.4 Å². The van der Waals surface area contributed by atoms with Gasteiger partial charge in [0.1, 0.15) is 0 Å². The van der Waals surface area contributed by atoms with Crippen molar-refractivity contribution >= 4 is 39.4 Å². The van der Waals surface area contributed by atoms with E-state index in [0.717, 1.165) is 43.5 Å². The van der Waals surface area contributed by atoms with E-state index in [0.29, 0.717) is 61.9 Å². The average molecular weight is 789 g/mol. The molecule has 0 saturated carbocycles. The van der Waals surface area contributed by atoms with Gasteiger partial charge in [-0.2, -0.15) is 26.3 Å². The highest BCUT2D eigenvalue weighted by Crippen LogP contribution is 2.42. The normalized spacial score (nSPS) is 19.5.